The van der Waals surface area contributed by atoms with Crippen LogP contribution in [0.5, 0.6) is 0 Å². The van der Waals surface area contributed by atoms with Gasteiger partial charge in [0.1, 0.15) is 11.6 Å². The van der Waals surface area contributed by atoms with Crippen LogP contribution in [0, 0.1) is 5.41 Å². The van der Waals surface area contributed by atoms with Crippen molar-refractivity contribution in [2.45, 2.75) is 57.5 Å². The van der Waals surface area contributed by atoms with Gasteiger partial charge in [0.25, 0.3) is 0 Å². The Hall–Kier alpha value is -1.95. The van der Waals surface area contributed by atoms with E-state index >= 15 is 0 Å². The lowest BCUT2D eigenvalue weighted by Crippen LogP contribution is -2.40. The van der Waals surface area contributed by atoms with Crippen LogP contribution in [0.3, 0.4) is 0 Å². The van der Waals surface area contributed by atoms with Gasteiger partial charge in [-0.25, -0.2) is 9.97 Å². The number of amides is 1. The highest BCUT2D eigenvalue weighted by Crippen LogP contribution is 2.57. The molecule has 1 amide bonds. The molecule has 0 aromatic carbocycles. The number of anilines is 1. The molecule has 6 heteroatoms. The molecule has 1 aliphatic heterocycles. The van der Waals surface area contributed by atoms with Crippen molar-refractivity contribution >= 4 is 23.1 Å². The number of nitrogens with zero attached hydrogens (tertiary/aromatic N) is 4. The molecule has 0 radical (unpaired) electrons. The molecular formula is C21H26N4OS. The SMILES string of the molecule is CC(=O)N(Cc1ccsc1)[C@H]1CC12CCN(c1ccnc(C3CC3)n1)CC2. The van der Waals surface area contributed by atoms with Crippen LogP contribution in [0.25, 0.3) is 0 Å². The minimum Gasteiger partial charge on any atom is -0.356 e. The molecule has 2 aromatic heterocycles. The van der Waals surface area contributed by atoms with Gasteiger partial charge >= 0.3 is 0 Å². The molecule has 2 aliphatic carbocycles. The lowest BCUT2D eigenvalue weighted by Gasteiger charge is -2.35. The lowest BCUT2D eigenvalue weighted by molar-refractivity contribution is -0.130. The summed E-state index contributed by atoms with van der Waals surface area (Å²) in [5.74, 6) is 2.90. The van der Waals surface area contributed by atoms with E-state index in [9.17, 15) is 4.79 Å². The van der Waals surface area contributed by atoms with Crippen LogP contribution in [0.4, 0.5) is 5.82 Å². The molecule has 5 nitrogen and oxygen atoms in total. The number of hydrogen-bond acceptors (Lipinski definition) is 5. The summed E-state index contributed by atoms with van der Waals surface area (Å²) in [7, 11) is 0. The van der Waals surface area contributed by atoms with Gasteiger partial charge in [0.05, 0.1) is 0 Å². The number of carbonyl (C=O) groups excluding carboxylic acids is 1. The molecule has 2 aromatic rings. The maximum atomic E-state index is 12.3. The molecule has 2 saturated carbocycles. The van der Waals surface area contributed by atoms with E-state index in [2.05, 4.69) is 31.6 Å². The van der Waals surface area contributed by atoms with E-state index < -0.39 is 0 Å². The maximum Gasteiger partial charge on any atom is 0.220 e. The van der Waals surface area contributed by atoms with Crippen molar-refractivity contribution in [2.75, 3.05) is 18.0 Å². The van der Waals surface area contributed by atoms with E-state index in [1.165, 1.54) is 18.4 Å². The van der Waals surface area contributed by atoms with Gasteiger partial charge in [-0.05, 0) is 66.0 Å². The number of hydrogen-bond donors (Lipinski definition) is 0. The van der Waals surface area contributed by atoms with Crippen molar-refractivity contribution in [3.63, 3.8) is 0 Å². The van der Waals surface area contributed by atoms with Gasteiger partial charge in [-0.15, -0.1) is 0 Å². The van der Waals surface area contributed by atoms with Crippen LogP contribution in [0.2, 0.25) is 0 Å². The molecule has 5 rings (SSSR count). The topological polar surface area (TPSA) is 49.3 Å². The van der Waals surface area contributed by atoms with E-state index in [1.807, 2.05) is 12.3 Å². The number of aromatic nitrogens is 2. The van der Waals surface area contributed by atoms with E-state index in [0.717, 1.165) is 50.5 Å². The fraction of sp³-hybridized carbons (Fsp3) is 0.571. The summed E-state index contributed by atoms with van der Waals surface area (Å²) in [6.45, 7) is 4.53. The molecule has 27 heavy (non-hydrogen) atoms. The Kier molecular flexibility index (Phi) is 4.19. The molecule has 3 heterocycles. The predicted octanol–water partition coefficient (Wildman–Crippen LogP) is 3.82. The van der Waals surface area contributed by atoms with Crippen LogP contribution < -0.4 is 4.90 Å². The molecule has 1 atom stereocenters. The summed E-state index contributed by atoms with van der Waals surface area (Å²) in [5, 5.41) is 4.24. The van der Waals surface area contributed by atoms with Gasteiger partial charge < -0.3 is 9.80 Å². The molecule has 3 aliphatic rings. The normalized spacial score (nSPS) is 23.4. The molecule has 142 valence electrons. The van der Waals surface area contributed by atoms with Crippen LogP contribution in [-0.2, 0) is 11.3 Å². The molecule has 0 unspecified atom stereocenters. The zero-order chi connectivity index (χ0) is 18.4. The van der Waals surface area contributed by atoms with Gasteiger partial charge in [0.15, 0.2) is 0 Å². The van der Waals surface area contributed by atoms with Gasteiger partial charge in [-0.3, -0.25) is 4.79 Å². The standard InChI is InChI=1S/C21H26N4OS/c1-15(26)25(13-16-5-11-27-14-16)18-12-21(18)6-9-24(10-7-21)19-4-8-22-20(23-19)17-2-3-17/h4-5,8,11,14,17-18H,2-3,6-7,9-10,12-13H2,1H3/t18-/m0/s1. The second-order valence-corrected chi connectivity index (χ2v) is 9.18. The Morgan fingerprint density at radius 1 is 1.33 bits per heavy atom. The average Bonchev–Trinajstić information content (AvgIpc) is 3.59. The third-order valence-electron chi connectivity index (χ3n) is 6.55. The highest BCUT2D eigenvalue weighted by molar-refractivity contribution is 7.07. The van der Waals surface area contributed by atoms with Crippen LogP contribution >= 0.6 is 11.3 Å². The quantitative estimate of drug-likeness (QED) is 0.789. The third-order valence-corrected chi connectivity index (χ3v) is 7.28. The van der Waals surface area contributed by atoms with Crippen LogP contribution in [0.1, 0.15) is 56.3 Å². The van der Waals surface area contributed by atoms with Crippen LogP contribution in [-0.4, -0.2) is 39.9 Å². The number of piperidine rings is 1. The summed E-state index contributed by atoms with van der Waals surface area (Å²) in [4.78, 5) is 26.0. The zero-order valence-corrected chi connectivity index (χ0v) is 16.6. The zero-order valence-electron chi connectivity index (χ0n) is 15.8. The van der Waals surface area contributed by atoms with Crippen molar-refractivity contribution < 1.29 is 4.79 Å². The first kappa shape index (κ1) is 17.2. The van der Waals surface area contributed by atoms with Crippen molar-refractivity contribution in [1.29, 1.82) is 0 Å². The Balaban J connectivity index is 1.24. The van der Waals surface area contributed by atoms with E-state index in [0.29, 0.717) is 17.4 Å². The Labute approximate surface area is 164 Å². The fourth-order valence-electron chi connectivity index (χ4n) is 4.58. The summed E-state index contributed by atoms with van der Waals surface area (Å²) in [6, 6.07) is 4.59. The Bertz CT molecular complexity index is 824. The first-order valence-electron chi connectivity index (χ1n) is 10.0. The monoisotopic (exact) mass is 382 g/mol. The molecule has 1 saturated heterocycles. The molecule has 3 fully saturated rings. The van der Waals surface area contributed by atoms with E-state index in [-0.39, 0.29) is 5.91 Å². The second-order valence-electron chi connectivity index (χ2n) is 8.40. The summed E-state index contributed by atoms with van der Waals surface area (Å²) < 4.78 is 0. The van der Waals surface area contributed by atoms with Crippen molar-refractivity contribution in [3.05, 3.63) is 40.5 Å². The third kappa shape index (κ3) is 3.35. The predicted molar refractivity (Wildman–Crippen MR) is 107 cm³/mol. The minimum atomic E-state index is 0.204. The number of thiophene rings is 1. The summed E-state index contributed by atoms with van der Waals surface area (Å²) in [6.07, 6.45) is 7.83. The van der Waals surface area contributed by atoms with Gasteiger partial charge in [0, 0.05) is 44.7 Å². The highest BCUT2D eigenvalue weighted by atomic mass is 32.1. The smallest absolute Gasteiger partial charge is 0.220 e. The van der Waals surface area contributed by atoms with Crippen molar-refractivity contribution in [3.8, 4) is 0 Å². The number of carbonyl (C=O) groups is 1. The first-order valence-corrected chi connectivity index (χ1v) is 11.0. The molecule has 1 spiro atoms. The number of rotatable bonds is 5. The lowest BCUT2D eigenvalue weighted by atomic mass is 9.92. The van der Waals surface area contributed by atoms with Gasteiger partial charge in [0.2, 0.25) is 5.91 Å². The highest BCUT2D eigenvalue weighted by Gasteiger charge is 2.58. The minimum absolute atomic E-state index is 0.204. The van der Waals surface area contributed by atoms with E-state index in [1.54, 1.807) is 18.3 Å². The summed E-state index contributed by atoms with van der Waals surface area (Å²) in [5.41, 5.74) is 1.58. The molecular weight excluding hydrogens is 356 g/mol. The molecule has 0 N–H and O–H groups in total. The Morgan fingerprint density at radius 3 is 2.81 bits per heavy atom. The Morgan fingerprint density at radius 2 is 2.15 bits per heavy atom. The van der Waals surface area contributed by atoms with Crippen molar-refractivity contribution in [1.82, 2.24) is 14.9 Å². The average molecular weight is 383 g/mol. The largest absolute Gasteiger partial charge is 0.356 e. The summed E-state index contributed by atoms with van der Waals surface area (Å²) >= 11 is 1.70. The van der Waals surface area contributed by atoms with Crippen molar-refractivity contribution in [2.24, 2.45) is 5.41 Å². The maximum absolute atomic E-state index is 12.3. The molecule has 0 bridgehead atoms. The van der Waals surface area contributed by atoms with E-state index in [4.69, 9.17) is 4.98 Å². The first-order chi connectivity index (χ1) is 13.1. The van der Waals surface area contributed by atoms with Gasteiger partial charge in [-0.1, -0.05) is 0 Å². The van der Waals surface area contributed by atoms with Gasteiger partial charge in [-0.2, -0.15) is 11.3 Å². The fourth-order valence-corrected chi connectivity index (χ4v) is 5.24. The second kappa shape index (κ2) is 6.59. The van der Waals surface area contributed by atoms with Crippen LogP contribution in [0.15, 0.2) is 29.1 Å².